The Hall–Kier alpha value is -3.12. The summed E-state index contributed by atoms with van der Waals surface area (Å²) < 4.78 is 32.9. The third-order valence-corrected chi connectivity index (χ3v) is 5.43. The molecule has 0 aliphatic heterocycles. The van der Waals surface area contributed by atoms with Crippen molar-refractivity contribution in [3.63, 3.8) is 0 Å². The van der Waals surface area contributed by atoms with Crippen LogP contribution in [0.15, 0.2) is 108 Å². The molecule has 1 N–H and O–H groups in total. The van der Waals surface area contributed by atoms with Crippen LogP contribution in [-0.4, -0.2) is 25.5 Å². The van der Waals surface area contributed by atoms with Crippen molar-refractivity contribution in [2.45, 2.75) is 4.90 Å². The van der Waals surface area contributed by atoms with Crippen molar-refractivity contribution in [2.75, 3.05) is 11.8 Å². The Morgan fingerprint density at radius 2 is 1.41 bits per heavy atom. The van der Waals surface area contributed by atoms with Crippen LogP contribution in [-0.2, 0) is 30.4 Å². The number of methoxy groups -OCH3 is 1. The fraction of sp³-hybridized carbons (Fsp3) is 0.0435. The predicted octanol–water partition coefficient (Wildman–Crippen LogP) is 4.79. The molecule has 0 bridgehead atoms. The van der Waals surface area contributed by atoms with Gasteiger partial charge in [0.25, 0.3) is 10.0 Å². The number of halogens is 1. The summed E-state index contributed by atoms with van der Waals surface area (Å²) in [5.74, 6) is 0.600. The minimum atomic E-state index is -3.70. The molecule has 4 aromatic rings. The van der Waals surface area contributed by atoms with Gasteiger partial charge in [0.15, 0.2) is 0 Å². The van der Waals surface area contributed by atoms with Crippen LogP contribution in [0.5, 0.6) is 5.75 Å². The van der Waals surface area contributed by atoms with Crippen molar-refractivity contribution in [3.05, 3.63) is 104 Å². The number of benzene rings is 2. The van der Waals surface area contributed by atoms with Crippen molar-refractivity contribution in [1.29, 1.82) is 0 Å². The Morgan fingerprint density at radius 1 is 0.781 bits per heavy atom. The third kappa shape index (κ3) is 7.54. The zero-order valence-corrected chi connectivity index (χ0v) is 19.4. The second kappa shape index (κ2) is 13.3. The van der Waals surface area contributed by atoms with Crippen LogP contribution in [0.1, 0.15) is 0 Å². The van der Waals surface area contributed by atoms with E-state index in [9.17, 15) is 8.42 Å². The maximum absolute atomic E-state index is 12.6. The molecule has 0 saturated heterocycles. The normalized spacial score (nSPS) is 9.78. The number of nitrogens with zero attached hydrogens (tertiary/aromatic N) is 2. The van der Waals surface area contributed by atoms with Crippen LogP contribution in [0.3, 0.4) is 0 Å². The van der Waals surface area contributed by atoms with Crippen LogP contribution in [0.2, 0.25) is 0 Å². The van der Waals surface area contributed by atoms with E-state index in [1.807, 2.05) is 48.5 Å². The van der Waals surface area contributed by atoms with Gasteiger partial charge in [-0.3, -0.25) is 19.4 Å². The molecule has 170 valence electrons. The van der Waals surface area contributed by atoms with Gasteiger partial charge in [0, 0.05) is 44.6 Å². The molecule has 6 nitrogen and oxygen atoms in total. The largest absolute Gasteiger partial charge is 0.497 e. The number of sulfonamides is 1. The van der Waals surface area contributed by atoms with Crippen LogP contribution in [0, 0.1) is 0 Å². The van der Waals surface area contributed by atoms with Crippen molar-refractivity contribution in [3.8, 4) is 17.0 Å². The molecule has 0 saturated carbocycles. The van der Waals surface area contributed by atoms with Crippen molar-refractivity contribution >= 4 is 15.7 Å². The number of anilines is 1. The summed E-state index contributed by atoms with van der Waals surface area (Å²) >= 11 is 0. The van der Waals surface area contributed by atoms with Gasteiger partial charge in [0.2, 0.25) is 0 Å². The van der Waals surface area contributed by atoms with Gasteiger partial charge in [0.05, 0.1) is 23.4 Å². The summed E-state index contributed by atoms with van der Waals surface area (Å²) in [7, 11) is -2.17. The van der Waals surface area contributed by atoms with Crippen LogP contribution >= 0.6 is 0 Å². The summed E-state index contributed by atoms with van der Waals surface area (Å²) in [5.41, 5.74) is 1.90. The Labute approximate surface area is 200 Å². The van der Waals surface area contributed by atoms with Gasteiger partial charge in [0.1, 0.15) is 5.75 Å². The van der Waals surface area contributed by atoms with Gasteiger partial charge >= 0.3 is 0 Å². The fourth-order valence-electron chi connectivity index (χ4n) is 2.59. The monoisotopic (exact) mass is 545 g/mol. The van der Waals surface area contributed by atoms with Gasteiger partial charge in [-0.2, -0.15) is 0 Å². The summed E-state index contributed by atoms with van der Waals surface area (Å²) in [6.07, 6.45) is 5.17. The van der Waals surface area contributed by atoms with Gasteiger partial charge in [-0.05, 0) is 54.6 Å². The van der Waals surface area contributed by atoms with E-state index in [-0.39, 0.29) is 30.0 Å². The number of pyridine rings is 2. The summed E-state index contributed by atoms with van der Waals surface area (Å²) in [5, 5.41) is 0. The topological polar surface area (TPSA) is 81.2 Å². The smallest absolute Gasteiger partial charge is 0.261 e. The molecule has 2 aromatic carbocycles. The first-order valence-corrected chi connectivity index (χ1v) is 10.6. The first kappa shape index (κ1) is 26.9. The van der Waals surface area contributed by atoms with Crippen LogP contribution in [0.25, 0.3) is 11.3 Å². The second-order valence-corrected chi connectivity index (χ2v) is 7.75. The molecule has 0 atom stereocenters. The molecule has 0 fully saturated rings. The SMILES string of the molecule is COc1ccc(S(=O)(=O)Nc2ccccc2-c2ccccn2)cc1.F.[Pd].c1ccncc1. The van der Waals surface area contributed by atoms with Crippen molar-refractivity contribution in [1.82, 2.24) is 9.97 Å². The Balaban J connectivity index is 0.000000557. The van der Waals surface area contributed by atoms with Crippen LogP contribution in [0.4, 0.5) is 10.4 Å². The van der Waals surface area contributed by atoms with E-state index < -0.39 is 10.0 Å². The molecule has 2 heterocycles. The Bertz CT molecular complexity index is 1140. The molecule has 0 spiro atoms. The number of hydrogen-bond donors (Lipinski definition) is 1. The number of rotatable bonds is 5. The molecule has 0 aliphatic carbocycles. The number of para-hydroxylation sites is 1. The van der Waals surface area contributed by atoms with E-state index in [1.54, 1.807) is 42.9 Å². The number of hydrogen-bond acceptors (Lipinski definition) is 5. The number of aromatic nitrogens is 2. The molecule has 9 heteroatoms. The van der Waals surface area contributed by atoms with Gasteiger partial charge in [-0.15, -0.1) is 0 Å². The first-order valence-electron chi connectivity index (χ1n) is 9.12. The third-order valence-electron chi connectivity index (χ3n) is 4.05. The average molecular weight is 546 g/mol. The van der Waals surface area contributed by atoms with Crippen LogP contribution < -0.4 is 9.46 Å². The van der Waals surface area contributed by atoms with Crippen molar-refractivity contribution in [2.24, 2.45) is 0 Å². The predicted molar refractivity (Wildman–Crippen MR) is 120 cm³/mol. The molecule has 2 aromatic heterocycles. The maximum Gasteiger partial charge on any atom is 0.261 e. The van der Waals surface area contributed by atoms with Gasteiger partial charge in [-0.25, -0.2) is 8.42 Å². The molecule has 0 radical (unpaired) electrons. The molecule has 4 rings (SSSR count). The summed E-state index contributed by atoms with van der Waals surface area (Å²) in [4.78, 5) is 8.23. The molecule has 0 amide bonds. The first-order chi connectivity index (χ1) is 14.6. The maximum atomic E-state index is 12.6. The van der Waals surface area contributed by atoms with E-state index >= 15 is 0 Å². The summed E-state index contributed by atoms with van der Waals surface area (Å²) in [6.45, 7) is 0. The van der Waals surface area contributed by atoms with E-state index in [0.29, 0.717) is 17.1 Å². The Morgan fingerprint density at radius 3 is 1.94 bits per heavy atom. The molecule has 32 heavy (non-hydrogen) atoms. The molecular formula is C23H22FN3O3PdS. The molecular weight excluding hydrogens is 524 g/mol. The number of nitrogens with one attached hydrogen (secondary N) is 1. The quantitative estimate of drug-likeness (QED) is 0.365. The van der Waals surface area contributed by atoms with E-state index in [1.165, 1.54) is 19.2 Å². The van der Waals surface area contributed by atoms with E-state index in [0.717, 1.165) is 5.56 Å². The molecule has 0 unspecified atom stereocenters. The standard InChI is InChI=1S/C18H16N2O3S.C5H5N.FH.Pd/c1-23-14-9-11-15(12-10-14)24(21,22)20-18-8-3-2-6-16(18)17-7-4-5-13-19-17;1-2-4-6-5-3-1;;/h2-13,20H,1H3;1-5H;1H;. The molecule has 0 aliphatic rings. The Kier molecular flexibility index (Phi) is 11.2. The minimum Gasteiger partial charge on any atom is -0.497 e. The average Bonchev–Trinajstić information content (AvgIpc) is 2.81. The van der Waals surface area contributed by atoms with E-state index in [4.69, 9.17) is 4.74 Å². The number of ether oxygens (including phenoxy) is 1. The fourth-order valence-corrected chi connectivity index (χ4v) is 3.67. The minimum absolute atomic E-state index is 0. The van der Waals surface area contributed by atoms with Gasteiger partial charge in [-0.1, -0.05) is 30.3 Å². The van der Waals surface area contributed by atoms with Gasteiger partial charge < -0.3 is 4.74 Å². The summed E-state index contributed by atoms with van der Waals surface area (Å²) in [6, 6.07) is 24.6. The zero-order chi connectivity index (χ0) is 21.2. The van der Waals surface area contributed by atoms with E-state index in [2.05, 4.69) is 14.7 Å². The van der Waals surface area contributed by atoms with Crippen molar-refractivity contribution < 1.29 is 38.3 Å². The second-order valence-electron chi connectivity index (χ2n) is 6.07. The zero-order valence-electron chi connectivity index (χ0n) is 17.1.